The number of carbonyl (C=O) groups is 1. The van der Waals surface area contributed by atoms with Gasteiger partial charge in [-0.1, -0.05) is 50.2 Å². The van der Waals surface area contributed by atoms with Crippen LogP contribution in [0.15, 0.2) is 53.3 Å². The van der Waals surface area contributed by atoms with Crippen LogP contribution < -0.4 is 5.56 Å². The fraction of sp³-hybridized carbons (Fsp3) is 0.238. The third-order valence-electron chi connectivity index (χ3n) is 4.10. The zero-order valence-corrected chi connectivity index (χ0v) is 15.2. The second-order valence-corrected chi connectivity index (χ2v) is 6.62. The first-order chi connectivity index (χ1) is 13.0. The van der Waals surface area contributed by atoms with Gasteiger partial charge in [0.1, 0.15) is 6.61 Å². The quantitative estimate of drug-likeness (QED) is 0.651. The van der Waals surface area contributed by atoms with Gasteiger partial charge >= 0.3 is 5.97 Å². The van der Waals surface area contributed by atoms with Gasteiger partial charge < -0.3 is 4.74 Å². The predicted molar refractivity (Wildman–Crippen MR) is 101 cm³/mol. The highest BCUT2D eigenvalue weighted by atomic mass is 16.5. The number of benzene rings is 2. The van der Waals surface area contributed by atoms with E-state index < -0.39 is 5.97 Å². The van der Waals surface area contributed by atoms with Crippen LogP contribution in [0.5, 0.6) is 0 Å². The lowest BCUT2D eigenvalue weighted by Gasteiger charge is -2.12. The first-order valence-electron chi connectivity index (χ1n) is 8.66. The summed E-state index contributed by atoms with van der Waals surface area (Å²) in [6.45, 7) is 4.31. The number of ether oxygens (including phenoxy) is 1. The average Bonchev–Trinajstić information content (AvgIpc) is 2.68. The second-order valence-electron chi connectivity index (χ2n) is 6.62. The second kappa shape index (κ2) is 7.83. The summed E-state index contributed by atoms with van der Waals surface area (Å²) >= 11 is 0. The molecule has 0 atom stereocenters. The molecule has 3 rings (SSSR count). The Labute approximate surface area is 156 Å². The van der Waals surface area contributed by atoms with E-state index in [-0.39, 0.29) is 23.8 Å². The molecule has 0 saturated heterocycles. The van der Waals surface area contributed by atoms with Crippen molar-refractivity contribution >= 4 is 16.7 Å². The van der Waals surface area contributed by atoms with E-state index in [9.17, 15) is 9.59 Å². The van der Waals surface area contributed by atoms with Crippen LogP contribution in [0.2, 0.25) is 0 Å². The summed E-state index contributed by atoms with van der Waals surface area (Å²) < 4.78 is 6.71. The molecule has 1 heterocycles. The molecule has 1 aromatic heterocycles. The molecule has 0 amide bonds. The van der Waals surface area contributed by atoms with Gasteiger partial charge in [0.05, 0.1) is 17.0 Å². The van der Waals surface area contributed by atoms with E-state index in [1.54, 1.807) is 48.5 Å². The van der Waals surface area contributed by atoms with Crippen molar-refractivity contribution in [3.63, 3.8) is 0 Å². The number of aromatic nitrogens is 2. The first-order valence-corrected chi connectivity index (χ1v) is 8.66. The molecule has 0 spiro atoms. The largest absolute Gasteiger partial charge is 0.456 e. The van der Waals surface area contributed by atoms with Crippen molar-refractivity contribution in [1.82, 2.24) is 9.78 Å². The van der Waals surface area contributed by atoms with E-state index in [1.165, 1.54) is 4.68 Å². The van der Waals surface area contributed by atoms with Crippen LogP contribution >= 0.6 is 0 Å². The Morgan fingerprint density at radius 2 is 1.81 bits per heavy atom. The summed E-state index contributed by atoms with van der Waals surface area (Å²) in [6.07, 6.45) is 0. The van der Waals surface area contributed by atoms with Crippen molar-refractivity contribution in [3.8, 4) is 6.07 Å². The molecule has 0 aliphatic rings. The molecule has 27 heavy (non-hydrogen) atoms. The van der Waals surface area contributed by atoms with Crippen molar-refractivity contribution in [2.75, 3.05) is 0 Å². The van der Waals surface area contributed by atoms with Crippen LogP contribution in [-0.2, 0) is 17.9 Å². The van der Waals surface area contributed by atoms with E-state index in [1.807, 2.05) is 13.8 Å². The van der Waals surface area contributed by atoms with Gasteiger partial charge in [0, 0.05) is 17.5 Å². The third kappa shape index (κ3) is 3.87. The number of nitriles is 1. The number of hydrogen-bond acceptors (Lipinski definition) is 5. The predicted octanol–water partition coefficient (Wildman–Crippen LogP) is 3.28. The number of carbonyl (C=O) groups excluding carboxylic acids is 1. The van der Waals surface area contributed by atoms with E-state index in [4.69, 9.17) is 10.00 Å². The Morgan fingerprint density at radius 1 is 1.15 bits per heavy atom. The highest BCUT2D eigenvalue weighted by Crippen LogP contribution is 2.16. The lowest BCUT2D eigenvalue weighted by atomic mass is 10.1. The SMILES string of the molecule is CC(C)Cn1nc(C(=O)OCc2ccccc2C#N)c2ccccc2c1=O. The van der Waals surface area contributed by atoms with Crippen LogP contribution in [0.3, 0.4) is 0 Å². The number of hydrogen-bond donors (Lipinski definition) is 0. The van der Waals surface area contributed by atoms with Crippen LogP contribution in [0.4, 0.5) is 0 Å². The molecule has 0 fully saturated rings. The Morgan fingerprint density at radius 3 is 2.52 bits per heavy atom. The fourth-order valence-corrected chi connectivity index (χ4v) is 2.82. The zero-order chi connectivity index (χ0) is 19.4. The molecule has 6 heteroatoms. The van der Waals surface area contributed by atoms with E-state index in [2.05, 4.69) is 11.2 Å². The molecular weight excluding hydrogens is 342 g/mol. The summed E-state index contributed by atoms with van der Waals surface area (Å²) in [5.41, 5.74) is 0.937. The number of fused-ring (bicyclic) bond motifs is 1. The molecule has 0 N–H and O–H groups in total. The van der Waals surface area contributed by atoms with Crippen LogP contribution in [0.25, 0.3) is 10.8 Å². The lowest BCUT2D eigenvalue weighted by molar-refractivity contribution is 0.0464. The van der Waals surface area contributed by atoms with Crippen molar-refractivity contribution in [1.29, 1.82) is 5.26 Å². The molecule has 0 aliphatic carbocycles. The van der Waals surface area contributed by atoms with Gasteiger partial charge in [-0.2, -0.15) is 10.4 Å². The Hall–Kier alpha value is -3.46. The highest BCUT2D eigenvalue weighted by molar-refractivity contribution is 6.02. The van der Waals surface area contributed by atoms with Gasteiger partial charge in [-0.25, -0.2) is 9.48 Å². The molecular formula is C21H19N3O3. The van der Waals surface area contributed by atoms with Crippen LogP contribution in [0, 0.1) is 17.2 Å². The van der Waals surface area contributed by atoms with Crippen LogP contribution in [0.1, 0.15) is 35.5 Å². The molecule has 6 nitrogen and oxygen atoms in total. The minimum atomic E-state index is -0.628. The maximum atomic E-state index is 12.7. The lowest BCUT2D eigenvalue weighted by Crippen LogP contribution is -2.28. The number of nitrogens with zero attached hydrogens (tertiary/aromatic N) is 3. The van der Waals surface area contributed by atoms with E-state index >= 15 is 0 Å². The molecule has 0 saturated carbocycles. The van der Waals surface area contributed by atoms with Crippen molar-refractivity contribution in [3.05, 3.63) is 75.7 Å². The van der Waals surface area contributed by atoms with Gasteiger partial charge in [0.2, 0.25) is 0 Å². The summed E-state index contributed by atoms with van der Waals surface area (Å²) in [6, 6.07) is 15.9. The van der Waals surface area contributed by atoms with Gasteiger partial charge in [0.15, 0.2) is 5.69 Å². The maximum Gasteiger partial charge on any atom is 0.359 e. The zero-order valence-electron chi connectivity index (χ0n) is 15.2. The van der Waals surface area contributed by atoms with Gasteiger partial charge in [0.25, 0.3) is 5.56 Å². The van der Waals surface area contributed by atoms with Gasteiger partial charge in [-0.3, -0.25) is 4.79 Å². The smallest absolute Gasteiger partial charge is 0.359 e. The van der Waals surface area contributed by atoms with Crippen molar-refractivity contribution in [2.24, 2.45) is 5.92 Å². The monoisotopic (exact) mass is 361 g/mol. The molecule has 136 valence electrons. The van der Waals surface area contributed by atoms with E-state index in [0.717, 1.165) is 0 Å². The van der Waals surface area contributed by atoms with Crippen molar-refractivity contribution < 1.29 is 9.53 Å². The molecule has 0 unspecified atom stereocenters. The number of esters is 1. The maximum absolute atomic E-state index is 12.7. The minimum Gasteiger partial charge on any atom is -0.456 e. The summed E-state index contributed by atoms with van der Waals surface area (Å²) in [5, 5.41) is 14.3. The topological polar surface area (TPSA) is 85.0 Å². The summed E-state index contributed by atoms with van der Waals surface area (Å²) in [4.78, 5) is 25.3. The Balaban J connectivity index is 1.97. The highest BCUT2D eigenvalue weighted by Gasteiger charge is 2.18. The molecule has 2 aromatic carbocycles. The third-order valence-corrected chi connectivity index (χ3v) is 4.10. The summed E-state index contributed by atoms with van der Waals surface area (Å²) in [5.74, 6) is -0.431. The Kier molecular flexibility index (Phi) is 5.32. The van der Waals surface area contributed by atoms with Gasteiger partial charge in [-0.15, -0.1) is 0 Å². The number of rotatable bonds is 5. The molecule has 0 radical (unpaired) electrons. The molecule has 3 aromatic rings. The standard InChI is InChI=1S/C21H19N3O3/c1-14(2)12-24-20(25)18-10-6-5-9-17(18)19(23-24)21(26)27-13-16-8-4-3-7-15(16)11-22/h3-10,14H,12-13H2,1-2H3. The molecule has 0 aliphatic heterocycles. The Bertz CT molecular complexity index is 1090. The molecule has 0 bridgehead atoms. The van der Waals surface area contributed by atoms with E-state index in [0.29, 0.717) is 28.4 Å². The fourth-order valence-electron chi connectivity index (χ4n) is 2.82. The minimum absolute atomic E-state index is 0.0398. The van der Waals surface area contributed by atoms with Crippen molar-refractivity contribution in [2.45, 2.75) is 27.0 Å². The van der Waals surface area contributed by atoms with Crippen LogP contribution in [-0.4, -0.2) is 15.7 Å². The average molecular weight is 361 g/mol. The van der Waals surface area contributed by atoms with Gasteiger partial charge in [-0.05, 0) is 18.1 Å². The summed E-state index contributed by atoms with van der Waals surface area (Å²) in [7, 11) is 0. The normalized spacial score (nSPS) is 10.7. The first kappa shape index (κ1) is 18.3.